The van der Waals surface area contributed by atoms with Gasteiger partial charge in [0, 0.05) is 46.0 Å². The maximum Gasteiger partial charge on any atom is 0.343 e. The summed E-state index contributed by atoms with van der Waals surface area (Å²) in [6, 6.07) is 14.2. The van der Waals surface area contributed by atoms with Gasteiger partial charge in [-0.25, -0.2) is 9.59 Å². The Hall–Kier alpha value is -5.56. The van der Waals surface area contributed by atoms with Crippen LogP contribution in [0, 0.1) is 19.3 Å². The molecule has 0 aliphatic heterocycles. The van der Waals surface area contributed by atoms with Gasteiger partial charge in [-0.2, -0.15) is 5.10 Å². The number of hydrazone groups is 1. The van der Waals surface area contributed by atoms with E-state index in [-0.39, 0.29) is 39.6 Å². The maximum absolute atomic E-state index is 13.1. The lowest BCUT2D eigenvalue weighted by Crippen LogP contribution is -2.28. The zero-order valence-electron chi connectivity index (χ0n) is 26.2. The quantitative estimate of drug-likeness (QED) is 0.0647. The number of aromatic nitrogens is 2. The summed E-state index contributed by atoms with van der Waals surface area (Å²) in [4.78, 5) is 50.0. The number of rotatable bonds is 9. The van der Waals surface area contributed by atoms with Gasteiger partial charge in [-0.1, -0.05) is 13.8 Å². The summed E-state index contributed by atoms with van der Waals surface area (Å²) >= 11 is 4.76. The number of carbonyl (C=O) groups is 4. The Labute approximate surface area is 275 Å². The molecule has 0 spiro atoms. The zero-order valence-corrected chi connectivity index (χ0v) is 27.0. The van der Waals surface area contributed by atoms with E-state index >= 15 is 0 Å². The van der Waals surface area contributed by atoms with E-state index in [0.29, 0.717) is 46.7 Å². The lowest BCUT2D eigenvalue weighted by atomic mass is 9.76. The van der Waals surface area contributed by atoms with Crippen molar-refractivity contribution in [3.05, 3.63) is 99.6 Å². The molecular formula is C34H33N5O7S. The van der Waals surface area contributed by atoms with E-state index in [4.69, 9.17) is 22.7 Å². The molecule has 242 valence electrons. The van der Waals surface area contributed by atoms with Crippen LogP contribution in [-0.4, -0.2) is 54.4 Å². The van der Waals surface area contributed by atoms with Crippen LogP contribution >= 0.6 is 12.2 Å². The van der Waals surface area contributed by atoms with Crippen molar-refractivity contribution < 1.29 is 34.1 Å². The molecule has 0 radical (unpaired) electrons. The van der Waals surface area contributed by atoms with Gasteiger partial charge < -0.3 is 29.8 Å². The molecule has 4 aromatic rings. The minimum Gasteiger partial charge on any atom is -0.481 e. The first-order valence-electron chi connectivity index (χ1n) is 14.6. The van der Waals surface area contributed by atoms with Gasteiger partial charge in [-0.3, -0.25) is 15.0 Å². The average Bonchev–Trinajstić information content (AvgIpc) is 3.47. The second-order valence-electron chi connectivity index (χ2n) is 12.2. The lowest BCUT2D eigenvalue weighted by molar-refractivity contribution is -0.136. The number of carboxylic acid groups (broad SMARTS) is 2. The second-order valence-corrected chi connectivity index (χ2v) is 12.6. The highest BCUT2D eigenvalue weighted by Crippen LogP contribution is 2.38. The van der Waals surface area contributed by atoms with Gasteiger partial charge in [0.2, 0.25) is 0 Å². The van der Waals surface area contributed by atoms with E-state index in [1.807, 2.05) is 33.8 Å². The summed E-state index contributed by atoms with van der Waals surface area (Å²) in [5.41, 5.74) is 12.6. The van der Waals surface area contributed by atoms with E-state index in [1.54, 1.807) is 45.5 Å². The van der Waals surface area contributed by atoms with Gasteiger partial charge in [0.25, 0.3) is 0 Å². The number of carboxylic acids is 2. The molecule has 2 heterocycles. The fourth-order valence-corrected chi connectivity index (χ4v) is 6.04. The van der Waals surface area contributed by atoms with Crippen LogP contribution < -0.4 is 15.9 Å². The summed E-state index contributed by atoms with van der Waals surface area (Å²) in [5.74, 6) is -2.95. The molecule has 5 rings (SSSR count). The standard InChI is InChI=1S/C34H33N5O7S/c1-18-11-21(17-36-37-33(35)47)19(2)38(18)27-10-9-24(14-26(27)31(43)44)46-32(45)20-5-7-22(8-6-20)39-23(13-30(41)42)12-25-28(39)15-34(3,4)16-29(25)40/h5-12,14,17H,13,15-16H2,1-4H3,(H,41,42)(H,43,44)(H3,35,37,47)/b36-17+. The Bertz CT molecular complexity index is 1990. The van der Waals surface area contributed by atoms with Crippen molar-refractivity contribution in [1.82, 2.24) is 14.6 Å². The number of hydrogen-bond donors (Lipinski definition) is 4. The van der Waals surface area contributed by atoms with E-state index in [1.165, 1.54) is 18.3 Å². The Balaban J connectivity index is 1.42. The predicted molar refractivity (Wildman–Crippen MR) is 178 cm³/mol. The van der Waals surface area contributed by atoms with Gasteiger partial charge in [0.1, 0.15) is 5.75 Å². The Kier molecular flexibility index (Phi) is 8.85. The number of nitrogens with two attached hydrogens (primary N) is 1. The summed E-state index contributed by atoms with van der Waals surface area (Å²) in [6.07, 6.45) is 2.20. The number of esters is 1. The van der Waals surface area contributed by atoms with E-state index < -0.39 is 17.9 Å². The molecule has 5 N–H and O–H groups in total. The summed E-state index contributed by atoms with van der Waals surface area (Å²) < 4.78 is 9.10. The van der Waals surface area contributed by atoms with Crippen molar-refractivity contribution in [3.63, 3.8) is 0 Å². The van der Waals surface area contributed by atoms with Crippen LogP contribution in [0.15, 0.2) is 59.7 Å². The molecule has 0 atom stereocenters. The number of aliphatic carboxylic acids is 1. The number of thiocarbonyl (C=S) groups is 1. The molecule has 0 amide bonds. The number of ketones is 1. The van der Waals surface area contributed by atoms with Crippen molar-refractivity contribution in [2.75, 3.05) is 0 Å². The highest BCUT2D eigenvalue weighted by Gasteiger charge is 2.35. The van der Waals surface area contributed by atoms with Crippen molar-refractivity contribution in [1.29, 1.82) is 0 Å². The molecule has 0 saturated carbocycles. The zero-order chi connectivity index (χ0) is 34.2. The number of nitrogens with one attached hydrogen (secondary N) is 1. The fraction of sp³-hybridized carbons (Fsp3) is 0.235. The predicted octanol–water partition coefficient (Wildman–Crippen LogP) is 4.75. The number of aryl methyl sites for hydroxylation is 1. The second kappa shape index (κ2) is 12.7. The summed E-state index contributed by atoms with van der Waals surface area (Å²) in [6.45, 7) is 7.62. The summed E-state index contributed by atoms with van der Waals surface area (Å²) in [5, 5.41) is 23.6. The molecule has 0 fully saturated rings. The van der Waals surface area contributed by atoms with E-state index in [9.17, 15) is 29.4 Å². The highest BCUT2D eigenvalue weighted by atomic mass is 32.1. The minimum absolute atomic E-state index is 0.00966. The van der Waals surface area contributed by atoms with E-state index in [2.05, 4.69) is 10.5 Å². The van der Waals surface area contributed by atoms with E-state index in [0.717, 1.165) is 11.4 Å². The number of benzene rings is 2. The van der Waals surface area contributed by atoms with Crippen LogP contribution in [0.3, 0.4) is 0 Å². The number of fused-ring (bicyclic) bond motifs is 1. The first-order chi connectivity index (χ1) is 22.1. The monoisotopic (exact) mass is 655 g/mol. The van der Waals surface area contributed by atoms with Crippen molar-refractivity contribution in [2.24, 2.45) is 16.3 Å². The smallest absolute Gasteiger partial charge is 0.343 e. The van der Waals surface area contributed by atoms with Crippen molar-refractivity contribution in [2.45, 2.75) is 47.0 Å². The third kappa shape index (κ3) is 6.84. The van der Waals surface area contributed by atoms with Crippen LogP contribution in [0.25, 0.3) is 11.4 Å². The molecule has 0 bridgehead atoms. The SMILES string of the molecule is Cc1cc(/C=N/NC(N)=S)c(C)n1-c1ccc(OC(=O)c2ccc(-n3c(CC(=O)O)cc4c3CC(C)(C)CC4=O)cc2)cc1C(=O)O. The molecule has 0 unspecified atom stereocenters. The Morgan fingerprint density at radius 1 is 1.04 bits per heavy atom. The molecule has 1 aliphatic carbocycles. The topological polar surface area (TPSA) is 178 Å². The molecular weight excluding hydrogens is 622 g/mol. The number of aromatic carboxylic acids is 1. The van der Waals surface area contributed by atoms with Gasteiger partial charge >= 0.3 is 17.9 Å². The van der Waals surface area contributed by atoms with Gasteiger partial charge in [-0.05, 0) is 92.5 Å². The van der Waals surface area contributed by atoms with Crippen molar-refractivity contribution >= 4 is 47.2 Å². The molecule has 1 aliphatic rings. The molecule has 12 nitrogen and oxygen atoms in total. The first kappa shape index (κ1) is 32.8. The lowest BCUT2D eigenvalue weighted by Gasteiger charge is -2.30. The molecule has 2 aromatic heterocycles. The molecule has 2 aromatic carbocycles. The number of carbonyl (C=O) groups excluding carboxylic acids is 2. The number of Topliss-reactive ketones (excluding diaryl/α,β-unsaturated/α-hetero) is 1. The van der Waals surface area contributed by atoms with Crippen LogP contribution in [0.1, 0.15) is 79.7 Å². The van der Waals surface area contributed by atoms with Crippen LogP contribution in [-0.2, 0) is 17.6 Å². The molecule has 47 heavy (non-hydrogen) atoms. The van der Waals surface area contributed by atoms with Gasteiger partial charge in [0.15, 0.2) is 10.9 Å². The van der Waals surface area contributed by atoms with Gasteiger partial charge in [-0.15, -0.1) is 0 Å². The van der Waals surface area contributed by atoms with Crippen molar-refractivity contribution in [3.8, 4) is 17.1 Å². The molecule has 0 saturated heterocycles. The number of nitrogens with zero attached hydrogens (tertiary/aromatic N) is 3. The Morgan fingerprint density at radius 3 is 2.38 bits per heavy atom. The highest BCUT2D eigenvalue weighted by molar-refractivity contribution is 7.80. The Morgan fingerprint density at radius 2 is 1.74 bits per heavy atom. The maximum atomic E-state index is 13.1. The molecule has 13 heteroatoms. The van der Waals surface area contributed by atoms with Crippen LogP contribution in [0.5, 0.6) is 5.75 Å². The number of hydrogen-bond acceptors (Lipinski definition) is 7. The third-order valence-electron chi connectivity index (χ3n) is 7.96. The first-order valence-corrected chi connectivity index (χ1v) is 15.0. The minimum atomic E-state index is -1.21. The van der Waals surface area contributed by atoms with Crippen LogP contribution in [0.4, 0.5) is 0 Å². The fourth-order valence-electron chi connectivity index (χ4n) is 5.99. The largest absolute Gasteiger partial charge is 0.481 e. The van der Waals surface area contributed by atoms with Gasteiger partial charge in [0.05, 0.1) is 29.4 Å². The third-order valence-corrected chi connectivity index (χ3v) is 8.05. The number of ether oxygens (including phenoxy) is 1. The summed E-state index contributed by atoms with van der Waals surface area (Å²) in [7, 11) is 0. The average molecular weight is 656 g/mol. The van der Waals surface area contributed by atoms with Crippen LogP contribution in [0.2, 0.25) is 0 Å². The normalized spacial score (nSPS) is 13.7.